The minimum atomic E-state index is -0.744. The number of hydrogen-bond donors (Lipinski definition) is 4. The second-order valence-corrected chi connectivity index (χ2v) is 13.8. The van der Waals surface area contributed by atoms with Gasteiger partial charge in [0.15, 0.2) is 17.3 Å². The van der Waals surface area contributed by atoms with Crippen LogP contribution in [0.5, 0.6) is 28.7 Å². The van der Waals surface area contributed by atoms with Crippen molar-refractivity contribution in [3.63, 3.8) is 0 Å². The predicted molar refractivity (Wildman–Crippen MR) is 191 cm³/mol. The number of benzene rings is 2. The van der Waals surface area contributed by atoms with Gasteiger partial charge in [0.05, 0.1) is 46.1 Å². The Morgan fingerprint density at radius 1 is 0.865 bits per heavy atom. The van der Waals surface area contributed by atoms with Gasteiger partial charge in [0.1, 0.15) is 42.1 Å². The Morgan fingerprint density at radius 3 is 2.02 bits per heavy atom. The first-order valence-corrected chi connectivity index (χ1v) is 17.1. The SMILES string of the molecule is COc1cc2c(c(OC)c1CCC(C)(C)OCC(=O)NO)C(=O)C[C@@H](c1ccc(OC)c(OC)c1C/C=C(\C)CCCC(C)(C)OCC(=O)NO)O2. The van der Waals surface area contributed by atoms with Crippen molar-refractivity contribution in [1.29, 1.82) is 0 Å². The number of hydroxylamine groups is 2. The Kier molecular flexibility index (Phi) is 15.3. The highest BCUT2D eigenvalue weighted by molar-refractivity contribution is 6.03. The molecule has 0 saturated carbocycles. The zero-order valence-electron chi connectivity index (χ0n) is 31.7. The third kappa shape index (κ3) is 11.1. The van der Waals surface area contributed by atoms with E-state index in [0.29, 0.717) is 65.6 Å². The van der Waals surface area contributed by atoms with Crippen LogP contribution in [0.2, 0.25) is 0 Å². The molecule has 2 aromatic rings. The Bertz CT molecular complexity index is 1600. The molecular formula is C38H54N2O12. The highest BCUT2D eigenvalue weighted by atomic mass is 16.5. The Morgan fingerprint density at radius 2 is 1.46 bits per heavy atom. The van der Waals surface area contributed by atoms with E-state index >= 15 is 0 Å². The minimum absolute atomic E-state index is 0.0502. The van der Waals surface area contributed by atoms with Crippen LogP contribution in [0.1, 0.15) is 99.9 Å². The number of ketones is 1. The van der Waals surface area contributed by atoms with Crippen LogP contribution in [0.4, 0.5) is 0 Å². The smallest absolute Gasteiger partial charge is 0.269 e. The number of nitrogens with one attached hydrogen (secondary N) is 2. The number of carbonyl (C=O) groups excluding carboxylic acids is 3. The summed E-state index contributed by atoms with van der Waals surface area (Å²) in [7, 11) is 6.18. The van der Waals surface area contributed by atoms with Crippen LogP contribution in [0, 0.1) is 0 Å². The van der Waals surface area contributed by atoms with Crippen molar-refractivity contribution in [3.05, 3.63) is 52.1 Å². The van der Waals surface area contributed by atoms with Gasteiger partial charge in [0, 0.05) is 22.8 Å². The van der Waals surface area contributed by atoms with E-state index in [1.807, 2.05) is 40.7 Å². The fraction of sp³-hybridized carbons (Fsp3) is 0.553. The number of carbonyl (C=O) groups is 3. The molecule has 1 heterocycles. The fourth-order valence-corrected chi connectivity index (χ4v) is 6.14. The molecule has 1 aliphatic rings. The molecule has 2 aromatic carbocycles. The predicted octanol–water partition coefficient (Wildman–Crippen LogP) is 5.62. The lowest BCUT2D eigenvalue weighted by molar-refractivity contribution is -0.140. The number of rotatable bonds is 20. The number of Topliss-reactive ketones (excluding diaryl/α,β-unsaturated/α-hetero) is 1. The summed E-state index contributed by atoms with van der Waals surface area (Å²) >= 11 is 0. The second kappa shape index (κ2) is 18.9. The third-order valence-electron chi connectivity index (χ3n) is 9.10. The van der Waals surface area contributed by atoms with Gasteiger partial charge in [-0.3, -0.25) is 24.8 Å². The van der Waals surface area contributed by atoms with E-state index in [0.717, 1.165) is 29.5 Å². The monoisotopic (exact) mass is 730 g/mol. The molecule has 288 valence electrons. The molecule has 4 N–H and O–H groups in total. The molecule has 3 rings (SSSR count). The summed E-state index contributed by atoms with van der Waals surface area (Å²) in [4.78, 5) is 36.8. The number of ether oxygens (including phenoxy) is 7. The van der Waals surface area contributed by atoms with E-state index in [9.17, 15) is 14.4 Å². The molecule has 0 spiro atoms. The maximum Gasteiger partial charge on any atom is 0.269 e. The highest BCUT2D eigenvalue weighted by Gasteiger charge is 2.36. The van der Waals surface area contributed by atoms with Crippen molar-refractivity contribution in [1.82, 2.24) is 11.0 Å². The van der Waals surface area contributed by atoms with E-state index in [1.165, 1.54) is 14.2 Å². The molecule has 0 bridgehead atoms. The average molecular weight is 731 g/mol. The van der Waals surface area contributed by atoms with E-state index in [2.05, 4.69) is 6.08 Å². The van der Waals surface area contributed by atoms with Gasteiger partial charge < -0.3 is 33.2 Å². The lowest BCUT2D eigenvalue weighted by atomic mass is 9.88. The molecule has 1 aliphatic heterocycles. The second-order valence-electron chi connectivity index (χ2n) is 13.8. The quantitative estimate of drug-likeness (QED) is 0.0752. The molecule has 0 saturated heterocycles. The van der Waals surface area contributed by atoms with Crippen LogP contribution in [-0.4, -0.2) is 80.9 Å². The zero-order chi connectivity index (χ0) is 38.6. The van der Waals surface area contributed by atoms with Crippen molar-refractivity contribution in [2.24, 2.45) is 0 Å². The first-order chi connectivity index (χ1) is 24.6. The highest BCUT2D eigenvalue weighted by Crippen LogP contribution is 2.48. The summed E-state index contributed by atoms with van der Waals surface area (Å²) in [6.07, 6.45) is 5.17. The van der Waals surface area contributed by atoms with Crippen LogP contribution < -0.4 is 34.6 Å². The van der Waals surface area contributed by atoms with Gasteiger partial charge in [-0.15, -0.1) is 0 Å². The van der Waals surface area contributed by atoms with E-state index in [1.54, 1.807) is 37.3 Å². The molecule has 0 aromatic heterocycles. The number of amides is 2. The van der Waals surface area contributed by atoms with Crippen LogP contribution in [0.25, 0.3) is 0 Å². The first kappa shape index (κ1) is 42.0. The third-order valence-corrected chi connectivity index (χ3v) is 9.10. The minimum Gasteiger partial charge on any atom is -0.496 e. The first-order valence-electron chi connectivity index (χ1n) is 17.1. The summed E-state index contributed by atoms with van der Waals surface area (Å²) in [6.45, 7) is 8.96. The summed E-state index contributed by atoms with van der Waals surface area (Å²) in [5.74, 6) is 0.860. The maximum atomic E-state index is 14.0. The van der Waals surface area contributed by atoms with Gasteiger partial charge in [-0.1, -0.05) is 17.7 Å². The fourth-order valence-electron chi connectivity index (χ4n) is 6.14. The standard InChI is InChI=1S/C38H54N2O12/c1-23(11-10-17-37(2,3)50-21-32(42)39-44)12-13-25-24(14-15-28(46-6)35(25)48-8)30-19-27(41)34-31(52-30)20-29(47-7)26(36(34)49-9)16-18-38(4,5)51-22-33(43)40-45/h12,14-15,20,30,44-45H,10-11,13,16-19,21-22H2,1-9H3,(H,39,42)(H,40,43)/b23-12+/t30-/m0/s1. The topological polar surface area (TPSA) is 180 Å². The van der Waals surface area contributed by atoms with Crippen LogP contribution in [0.3, 0.4) is 0 Å². The normalized spacial score (nSPS) is 14.6. The van der Waals surface area contributed by atoms with Crippen molar-refractivity contribution < 1.29 is 58.0 Å². The molecule has 0 radical (unpaired) electrons. The van der Waals surface area contributed by atoms with Gasteiger partial charge in [-0.25, -0.2) is 11.0 Å². The summed E-state index contributed by atoms with van der Waals surface area (Å²) in [5, 5.41) is 17.5. The Labute approximate surface area is 305 Å². The van der Waals surface area contributed by atoms with E-state index in [-0.39, 0.29) is 25.4 Å². The van der Waals surface area contributed by atoms with E-state index in [4.69, 9.17) is 43.6 Å². The molecule has 1 atom stereocenters. The molecular weight excluding hydrogens is 676 g/mol. The van der Waals surface area contributed by atoms with E-state index < -0.39 is 29.1 Å². The largest absolute Gasteiger partial charge is 0.496 e. The number of fused-ring (bicyclic) bond motifs is 1. The number of methoxy groups -OCH3 is 4. The van der Waals surface area contributed by atoms with Crippen molar-refractivity contribution in [2.45, 2.75) is 96.9 Å². The summed E-state index contributed by atoms with van der Waals surface area (Å²) < 4.78 is 40.9. The van der Waals surface area contributed by atoms with Crippen LogP contribution in [0.15, 0.2) is 29.8 Å². The Balaban J connectivity index is 1.89. The van der Waals surface area contributed by atoms with Crippen LogP contribution >= 0.6 is 0 Å². The number of allylic oxidation sites excluding steroid dienone is 2. The van der Waals surface area contributed by atoms with Gasteiger partial charge in [0.25, 0.3) is 11.8 Å². The van der Waals surface area contributed by atoms with Crippen molar-refractivity contribution >= 4 is 17.6 Å². The van der Waals surface area contributed by atoms with Gasteiger partial charge in [0.2, 0.25) is 0 Å². The summed E-state index contributed by atoms with van der Waals surface area (Å²) in [5.41, 5.74) is 5.59. The lowest BCUT2D eigenvalue weighted by Gasteiger charge is -2.31. The van der Waals surface area contributed by atoms with Gasteiger partial charge in [-0.05, 0) is 79.2 Å². The summed E-state index contributed by atoms with van der Waals surface area (Å²) in [6, 6.07) is 5.40. The molecule has 14 heteroatoms. The average Bonchev–Trinajstić information content (AvgIpc) is 3.12. The maximum absolute atomic E-state index is 14.0. The lowest BCUT2D eigenvalue weighted by Crippen LogP contribution is -2.32. The van der Waals surface area contributed by atoms with Crippen molar-refractivity contribution in [3.8, 4) is 28.7 Å². The van der Waals surface area contributed by atoms with Gasteiger partial charge >= 0.3 is 0 Å². The molecule has 52 heavy (non-hydrogen) atoms. The molecule has 14 nitrogen and oxygen atoms in total. The van der Waals surface area contributed by atoms with Crippen LogP contribution in [-0.2, 0) is 31.9 Å². The molecule has 0 aliphatic carbocycles. The van der Waals surface area contributed by atoms with Gasteiger partial charge in [-0.2, -0.15) is 0 Å². The Hall–Kier alpha value is -4.37. The van der Waals surface area contributed by atoms with Crippen molar-refractivity contribution in [2.75, 3.05) is 41.7 Å². The molecule has 2 amide bonds. The number of hydrogen-bond acceptors (Lipinski definition) is 12. The molecule has 0 unspecified atom stereocenters. The zero-order valence-corrected chi connectivity index (χ0v) is 31.7. The molecule has 0 fully saturated rings.